The summed E-state index contributed by atoms with van der Waals surface area (Å²) in [6.45, 7) is 4.86. The molecule has 0 saturated carbocycles. The Balaban J connectivity index is 2.45. The van der Waals surface area contributed by atoms with E-state index < -0.39 is 0 Å². The average Bonchev–Trinajstić information content (AvgIpc) is 2.15. The molecule has 0 amide bonds. The second-order valence-electron chi connectivity index (χ2n) is 4.13. The summed E-state index contributed by atoms with van der Waals surface area (Å²) < 4.78 is 0. The van der Waals surface area contributed by atoms with Crippen molar-refractivity contribution in [1.82, 2.24) is 4.90 Å². The molecule has 1 unspecified atom stereocenters. The lowest BCUT2D eigenvalue weighted by atomic mass is 9.84. The van der Waals surface area contributed by atoms with Gasteiger partial charge in [-0.25, -0.2) is 0 Å². The maximum absolute atomic E-state index is 9.14. The highest BCUT2D eigenvalue weighted by Crippen LogP contribution is 2.29. The Bertz CT molecular complexity index is 127. The highest BCUT2D eigenvalue weighted by molar-refractivity contribution is 4.78. The molecule has 1 aliphatic heterocycles. The summed E-state index contributed by atoms with van der Waals surface area (Å²) in [6, 6.07) is 0. The van der Waals surface area contributed by atoms with Crippen LogP contribution in [0, 0.1) is 5.41 Å². The molecule has 1 heterocycles. The van der Waals surface area contributed by atoms with Crippen LogP contribution in [0.3, 0.4) is 0 Å². The Morgan fingerprint density at radius 2 is 2.09 bits per heavy atom. The predicted octanol–water partition coefficient (Wildman–Crippen LogP) is 1.10. The highest BCUT2D eigenvalue weighted by Gasteiger charge is 2.25. The van der Waals surface area contributed by atoms with Crippen molar-refractivity contribution in [1.29, 1.82) is 0 Å². The van der Waals surface area contributed by atoms with Gasteiger partial charge in [0, 0.05) is 6.61 Å². The summed E-state index contributed by atoms with van der Waals surface area (Å²) in [5.74, 6) is 0. The average molecular weight is 157 g/mol. The van der Waals surface area contributed by atoms with Gasteiger partial charge in [0.2, 0.25) is 0 Å². The predicted molar refractivity (Wildman–Crippen MR) is 46.5 cm³/mol. The van der Waals surface area contributed by atoms with E-state index in [1.54, 1.807) is 0 Å². The Hall–Kier alpha value is -0.0800. The molecule has 0 radical (unpaired) electrons. The van der Waals surface area contributed by atoms with Gasteiger partial charge in [0.05, 0.1) is 0 Å². The zero-order valence-corrected chi connectivity index (χ0v) is 7.64. The van der Waals surface area contributed by atoms with Gasteiger partial charge < -0.3 is 10.0 Å². The van der Waals surface area contributed by atoms with Crippen LogP contribution < -0.4 is 0 Å². The van der Waals surface area contributed by atoms with E-state index in [2.05, 4.69) is 18.9 Å². The zero-order valence-electron chi connectivity index (χ0n) is 7.64. The normalized spacial score (nSPS) is 35.2. The lowest BCUT2D eigenvalue weighted by Crippen LogP contribution is -2.24. The van der Waals surface area contributed by atoms with Crippen LogP contribution >= 0.6 is 0 Å². The van der Waals surface area contributed by atoms with Gasteiger partial charge in [0.15, 0.2) is 0 Å². The molecule has 0 aliphatic carbocycles. The Morgan fingerprint density at radius 3 is 2.73 bits per heavy atom. The van der Waals surface area contributed by atoms with Gasteiger partial charge in [-0.3, -0.25) is 0 Å². The molecule has 1 aliphatic rings. The molecule has 1 fully saturated rings. The summed E-state index contributed by atoms with van der Waals surface area (Å²) in [4.78, 5) is 2.35. The zero-order chi connectivity index (χ0) is 8.32. The lowest BCUT2D eigenvalue weighted by molar-refractivity contribution is 0.126. The number of nitrogens with zero attached hydrogens (tertiary/aromatic N) is 1. The van der Waals surface area contributed by atoms with Crippen LogP contribution in [0.15, 0.2) is 0 Å². The largest absolute Gasteiger partial charge is 0.396 e. The fourth-order valence-corrected chi connectivity index (χ4v) is 1.63. The third kappa shape index (κ3) is 2.46. The highest BCUT2D eigenvalue weighted by atomic mass is 16.3. The lowest BCUT2D eigenvalue weighted by Gasteiger charge is -2.24. The van der Waals surface area contributed by atoms with E-state index >= 15 is 0 Å². The first-order valence-corrected chi connectivity index (χ1v) is 4.46. The van der Waals surface area contributed by atoms with Gasteiger partial charge in [0.1, 0.15) is 0 Å². The third-order valence-electron chi connectivity index (χ3n) is 2.80. The molecular formula is C9H19NO. The summed E-state index contributed by atoms with van der Waals surface area (Å²) in [6.07, 6.45) is 3.54. The molecule has 1 rings (SSSR count). The summed E-state index contributed by atoms with van der Waals surface area (Å²) in [7, 11) is 2.16. The van der Waals surface area contributed by atoms with Gasteiger partial charge in [-0.2, -0.15) is 0 Å². The number of aliphatic hydroxyl groups excluding tert-OH is 1. The van der Waals surface area contributed by atoms with Crippen molar-refractivity contribution in [2.75, 3.05) is 26.7 Å². The van der Waals surface area contributed by atoms with Crippen molar-refractivity contribution in [3.8, 4) is 0 Å². The molecule has 0 aromatic heterocycles. The van der Waals surface area contributed by atoms with E-state index in [4.69, 9.17) is 5.11 Å². The van der Waals surface area contributed by atoms with Crippen LogP contribution in [0.5, 0.6) is 0 Å². The number of hydrogen-bond donors (Lipinski definition) is 1. The molecule has 0 aromatic rings. The molecule has 0 bridgehead atoms. The van der Waals surface area contributed by atoms with Crippen molar-refractivity contribution < 1.29 is 5.11 Å². The molecular weight excluding hydrogens is 138 g/mol. The molecule has 2 heteroatoms. The first-order chi connectivity index (χ1) is 5.16. The van der Waals surface area contributed by atoms with Crippen molar-refractivity contribution >= 4 is 0 Å². The van der Waals surface area contributed by atoms with E-state index in [0.29, 0.717) is 6.61 Å². The first kappa shape index (κ1) is 9.01. The molecule has 11 heavy (non-hydrogen) atoms. The smallest absolute Gasteiger partial charge is 0.0485 e. The van der Waals surface area contributed by atoms with Gasteiger partial charge in [-0.15, -0.1) is 0 Å². The number of rotatable bonds is 1. The van der Waals surface area contributed by atoms with E-state index in [1.807, 2.05) is 0 Å². The fourth-order valence-electron chi connectivity index (χ4n) is 1.63. The Labute approximate surface area is 69.2 Å². The minimum Gasteiger partial charge on any atom is -0.396 e. The molecule has 1 atom stereocenters. The van der Waals surface area contributed by atoms with Gasteiger partial charge >= 0.3 is 0 Å². The minimum atomic E-state index is 0.199. The maximum atomic E-state index is 9.14. The molecule has 0 aromatic carbocycles. The Morgan fingerprint density at radius 1 is 1.36 bits per heavy atom. The molecule has 2 nitrogen and oxygen atoms in total. The SMILES string of the molecule is CN1CCCC(C)(CO)CC1. The Kier molecular flexibility index (Phi) is 2.90. The standard InChI is InChI=1S/C9H19NO/c1-9(8-11)4-3-6-10(2)7-5-9/h11H,3-8H2,1-2H3. The van der Waals surface area contributed by atoms with Gasteiger partial charge in [-0.1, -0.05) is 6.92 Å². The second kappa shape index (κ2) is 3.55. The van der Waals surface area contributed by atoms with Crippen LogP contribution in [0.4, 0.5) is 0 Å². The van der Waals surface area contributed by atoms with Crippen molar-refractivity contribution in [2.45, 2.75) is 26.2 Å². The third-order valence-corrected chi connectivity index (χ3v) is 2.80. The van der Waals surface area contributed by atoms with E-state index in [-0.39, 0.29) is 5.41 Å². The van der Waals surface area contributed by atoms with Crippen LogP contribution in [0.1, 0.15) is 26.2 Å². The van der Waals surface area contributed by atoms with E-state index in [0.717, 1.165) is 13.0 Å². The fraction of sp³-hybridized carbons (Fsp3) is 1.00. The van der Waals surface area contributed by atoms with Gasteiger partial charge in [-0.05, 0) is 44.8 Å². The van der Waals surface area contributed by atoms with Crippen molar-refractivity contribution in [3.05, 3.63) is 0 Å². The quantitative estimate of drug-likeness (QED) is 0.616. The van der Waals surface area contributed by atoms with Crippen LogP contribution in [-0.4, -0.2) is 36.8 Å². The first-order valence-electron chi connectivity index (χ1n) is 4.46. The van der Waals surface area contributed by atoms with Crippen LogP contribution in [0.25, 0.3) is 0 Å². The monoisotopic (exact) mass is 157 g/mol. The second-order valence-corrected chi connectivity index (χ2v) is 4.13. The van der Waals surface area contributed by atoms with Crippen LogP contribution in [-0.2, 0) is 0 Å². The summed E-state index contributed by atoms with van der Waals surface area (Å²) in [5.41, 5.74) is 0.199. The van der Waals surface area contributed by atoms with Crippen molar-refractivity contribution in [2.24, 2.45) is 5.41 Å². The van der Waals surface area contributed by atoms with Crippen LogP contribution in [0.2, 0.25) is 0 Å². The van der Waals surface area contributed by atoms with Crippen molar-refractivity contribution in [3.63, 3.8) is 0 Å². The molecule has 1 saturated heterocycles. The molecule has 0 spiro atoms. The number of likely N-dealkylation sites (tertiary alicyclic amines) is 1. The molecule has 66 valence electrons. The topological polar surface area (TPSA) is 23.5 Å². The maximum Gasteiger partial charge on any atom is 0.0485 e. The van der Waals surface area contributed by atoms with E-state index in [1.165, 1.54) is 19.4 Å². The molecule has 1 N–H and O–H groups in total. The summed E-state index contributed by atoms with van der Waals surface area (Å²) >= 11 is 0. The van der Waals surface area contributed by atoms with E-state index in [9.17, 15) is 0 Å². The van der Waals surface area contributed by atoms with Gasteiger partial charge in [0.25, 0.3) is 0 Å². The minimum absolute atomic E-state index is 0.199. The number of hydrogen-bond acceptors (Lipinski definition) is 2. The summed E-state index contributed by atoms with van der Waals surface area (Å²) in [5, 5.41) is 9.14. The number of aliphatic hydroxyl groups is 1.